The lowest BCUT2D eigenvalue weighted by molar-refractivity contribution is -0.145. The first-order valence-corrected chi connectivity index (χ1v) is 16.1. The van der Waals surface area contributed by atoms with Crippen LogP contribution in [0.15, 0.2) is 60.7 Å². The van der Waals surface area contributed by atoms with Gasteiger partial charge in [-0.1, -0.05) is 100 Å². The van der Waals surface area contributed by atoms with Crippen molar-refractivity contribution in [1.82, 2.24) is 0 Å². The quantitative estimate of drug-likeness (QED) is 0.115. The summed E-state index contributed by atoms with van der Waals surface area (Å²) in [5.74, 6) is -3.52. The molecule has 0 aromatic heterocycles. The van der Waals surface area contributed by atoms with Crippen LogP contribution in [0.3, 0.4) is 0 Å². The van der Waals surface area contributed by atoms with Gasteiger partial charge in [0.2, 0.25) is 0 Å². The van der Waals surface area contributed by atoms with Crippen molar-refractivity contribution in [3.8, 4) is 0 Å². The predicted octanol–water partition coefficient (Wildman–Crippen LogP) is 9.49. The number of carbonyl (C=O) groups excluding carboxylic acids is 2. The average molecular weight is 585 g/mol. The van der Waals surface area contributed by atoms with Crippen LogP contribution in [0, 0.1) is 17.8 Å². The predicted molar refractivity (Wildman–Crippen MR) is 163 cm³/mol. The maximum absolute atomic E-state index is 15.0. The molecule has 6 heteroatoms. The van der Waals surface area contributed by atoms with E-state index >= 15 is 0 Å². The fraction of sp³-hybridized carbons (Fsp3) is 0.611. The molecular weight excluding hydrogens is 534 g/mol. The fourth-order valence-electron chi connectivity index (χ4n) is 6.24. The van der Waals surface area contributed by atoms with Gasteiger partial charge < -0.3 is 9.47 Å². The lowest BCUT2D eigenvalue weighted by Crippen LogP contribution is -2.30. The summed E-state index contributed by atoms with van der Waals surface area (Å²) in [6.07, 6.45) is 7.36. The molecule has 4 nitrogen and oxygen atoms in total. The number of esters is 1. The first-order chi connectivity index (χ1) is 20.3. The number of ether oxygens (including phenoxy) is 2. The number of alkyl halides is 2. The minimum Gasteiger partial charge on any atom is -0.461 e. The molecule has 2 aromatic carbocycles. The van der Waals surface area contributed by atoms with Gasteiger partial charge in [-0.3, -0.25) is 9.59 Å². The Balaban J connectivity index is 1.49. The average Bonchev–Trinajstić information content (AvgIpc) is 3.30. The molecule has 0 spiro atoms. The van der Waals surface area contributed by atoms with Crippen LogP contribution in [0.1, 0.15) is 108 Å². The number of halogens is 2. The Hall–Kier alpha value is -2.60. The second-order valence-corrected chi connectivity index (χ2v) is 11.9. The number of ketones is 1. The number of Topliss-reactive ketones (excluding diaryl/α,β-unsaturated/α-hetero) is 1. The topological polar surface area (TPSA) is 52.6 Å². The zero-order chi connectivity index (χ0) is 30.2. The van der Waals surface area contributed by atoms with E-state index in [1.54, 1.807) is 0 Å². The third-order valence-corrected chi connectivity index (χ3v) is 8.81. The molecule has 0 bridgehead atoms. The molecule has 1 fully saturated rings. The number of carbonyl (C=O) groups is 2. The highest BCUT2D eigenvalue weighted by molar-refractivity contribution is 5.84. The van der Waals surface area contributed by atoms with Gasteiger partial charge in [-0.25, -0.2) is 8.78 Å². The largest absolute Gasteiger partial charge is 0.461 e. The van der Waals surface area contributed by atoms with E-state index in [0.29, 0.717) is 51.7 Å². The molecule has 1 aliphatic carbocycles. The first kappa shape index (κ1) is 33.9. The van der Waals surface area contributed by atoms with Crippen LogP contribution in [0.25, 0.3) is 0 Å². The molecule has 1 aliphatic rings. The molecule has 1 saturated carbocycles. The van der Waals surface area contributed by atoms with Crippen LogP contribution in [-0.2, 0) is 32.3 Å². The Kier molecular flexibility index (Phi) is 14.6. The van der Waals surface area contributed by atoms with E-state index < -0.39 is 11.8 Å². The van der Waals surface area contributed by atoms with E-state index in [9.17, 15) is 18.4 Å². The van der Waals surface area contributed by atoms with Gasteiger partial charge in [-0.05, 0) is 55.6 Å². The van der Waals surface area contributed by atoms with Crippen LogP contribution in [-0.4, -0.2) is 23.8 Å². The third kappa shape index (κ3) is 11.2. The summed E-state index contributed by atoms with van der Waals surface area (Å²) in [6, 6.07) is 19.5. The van der Waals surface area contributed by atoms with Gasteiger partial charge in [0.05, 0.1) is 12.7 Å². The summed E-state index contributed by atoms with van der Waals surface area (Å²) in [7, 11) is 0. The molecule has 3 rings (SSSR count). The van der Waals surface area contributed by atoms with E-state index in [-0.39, 0.29) is 36.1 Å². The molecule has 232 valence electrons. The van der Waals surface area contributed by atoms with E-state index in [1.165, 1.54) is 0 Å². The normalized spacial score (nSPS) is 19.6. The number of hydrogen-bond donors (Lipinski definition) is 0. The molecule has 0 N–H and O–H groups in total. The SMILES string of the molecule is CCCCC(F)(F)C(CC)CC[C@H]1[C@H](OCc2ccccc2)CC(=O)[C@@H]1CCCCCCC(=O)OCc1ccccc1. The summed E-state index contributed by atoms with van der Waals surface area (Å²) < 4.78 is 41.6. The van der Waals surface area contributed by atoms with E-state index in [0.717, 1.165) is 49.7 Å². The summed E-state index contributed by atoms with van der Waals surface area (Å²) in [4.78, 5) is 25.3. The Bertz CT molecular complexity index is 1040. The first-order valence-electron chi connectivity index (χ1n) is 16.1. The Morgan fingerprint density at radius 3 is 2.17 bits per heavy atom. The van der Waals surface area contributed by atoms with E-state index in [1.807, 2.05) is 74.5 Å². The number of unbranched alkanes of at least 4 members (excludes halogenated alkanes) is 4. The monoisotopic (exact) mass is 584 g/mol. The third-order valence-electron chi connectivity index (χ3n) is 8.81. The highest BCUT2D eigenvalue weighted by Gasteiger charge is 2.44. The van der Waals surface area contributed by atoms with E-state index in [4.69, 9.17) is 9.47 Å². The molecule has 0 amide bonds. The maximum Gasteiger partial charge on any atom is 0.306 e. The van der Waals surface area contributed by atoms with Crippen molar-refractivity contribution in [2.24, 2.45) is 17.8 Å². The zero-order valence-corrected chi connectivity index (χ0v) is 25.6. The molecule has 1 unspecified atom stereocenters. The summed E-state index contributed by atoms with van der Waals surface area (Å²) in [6.45, 7) is 4.51. The van der Waals surface area contributed by atoms with Gasteiger partial charge in [0.15, 0.2) is 0 Å². The summed E-state index contributed by atoms with van der Waals surface area (Å²) >= 11 is 0. The Labute approximate surface area is 251 Å². The minimum absolute atomic E-state index is 0.0369. The van der Waals surface area contributed by atoms with Gasteiger partial charge in [0.1, 0.15) is 12.4 Å². The molecule has 0 radical (unpaired) electrons. The van der Waals surface area contributed by atoms with Crippen LogP contribution in [0.5, 0.6) is 0 Å². The highest BCUT2D eigenvalue weighted by Crippen LogP contribution is 2.42. The number of hydrogen-bond acceptors (Lipinski definition) is 4. The van der Waals surface area contributed by atoms with Gasteiger partial charge in [0, 0.05) is 31.1 Å². The smallest absolute Gasteiger partial charge is 0.306 e. The van der Waals surface area contributed by atoms with Gasteiger partial charge >= 0.3 is 5.97 Å². The standard InChI is InChI=1S/C36H50F2O4/c1-3-5-24-36(37,38)30(4-2)22-23-32-31(33(39)25-34(32)41-26-28-16-10-8-11-17-28)20-14-6-7-15-21-35(40)42-27-29-18-12-9-13-19-29/h8-13,16-19,30-32,34H,3-7,14-15,20-27H2,1-2H3/t30?,31-,32-,34-/m1/s1. The Morgan fingerprint density at radius 2 is 1.52 bits per heavy atom. The van der Waals surface area contributed by atoms with Crippen LogP contribution in [0.2, 0.25) is 0 Å². The lowest BCUT2D eigenvalue weighted by atomic mass is 9.81. The van der Waals surface area contributed by atoms with Gasteiger partial charge in [-0.15, -0.1) is 0 Å². The van der Waals surface area contributed by atoms with Gasteiger partial charge in [-0.2, -0.15) is 0 Å². The molecule has 2 aromatic rings. The van der Waals surface area contributed by atoms with Crippen molar-refractivity contribution in [3.63, 3.8) is 0 Å². The maximum atomic E-state index is 15.0. The van der Waals surface area contributed by atoms with E-state index in [2.05, 4.69) is 0 Å². The molecule has 4 atom stereocenters. The van der Waals surface area contributed by atoms with Crippen LogP contribution in [0.4, 0.5) is 8.78 Å². The van der Waals surface area contributed by atoms with Crippen LogP contribution < -0.4 is 0 Å². The fourth-order valence-corrected chi connectivity index (χ4v) is 6.24. The number of benzene rings is 2. The highest BCUT2D eigenvalue weighted by atomic mass is 19.3. The lowest BCUT2D eigenvalue weighted by Gasteiger charge is -2.30. The zero-order valence-electron chi connectivity index (χ0n) is 25.6. The van der Waals surface area contributed by atoms with Gasteiger partial charge in [0.25, 0.3) is 5.92 Å². The minimum atomic E-state index is -2.68. The van der Waals surface area contributed by atoms with Crippen molar-refractivity contribution in [2.75, 3.05) is 0 Å². The summed E-state index contributed by atoms with van der Waals surface area (Å²) in [5, 5.41) is 0. The molecule has 0 saturated heterocycles. The van der Waals surface area contributed by atoms with Crippen LogP contribution >= 0.6 is 0 Å². The van der Waals surface area contributed by atoms with Crippen molar-refractivity contribution in [2.45, 2.75) is 123 Å². The van der Waals surface area contributed by atoms with Crippen molar-refractivity contribution >= 4 is 11.8 Å². The molecule has 0 heterocycles. The van der Waals surface area contributed by atoms with Crippen molar-refractivity contribution in [3.05, 3.63) is 71.8 Å². The molecule has 42 heavy (non-hydrogen) atoms. The summed E-state index contributed by atoms with van der Waals surface area (Å²) in [5.41, 5.74) is 2.02. The van der Waals surface area contributed by atoms with Crippen molar-refractivity contribution in [1.29, 1.82) is 0 Å². The second-order valence-electron chi connectivity index (χ2n) is 11.9. The van der Waals surface area contributed by atoms with Crippen molar-refractivity contribution < 1.29 is 27.8 Å². The second kappa shape index (κ2) is 18.1. The molecule has 0 aliphatic heterocycles. The Morgan fingerprint density at radius 1 is 0.881 bits per heavy atom. The number of rotatable bonds is 20. The molecular formula is C36H50F2O4.